The maximum absolute atomic E-state index is 6.04. The Morgan fingerprint density at radius 3 is 2.79 bits per heavy atom. The summed E-state index contributed by atoms with van der Waals surface area (Å²) in [6.07, 6.45) is 2.04. The van der Waals surface area contributed by atoms with Gasteiger partial charge in [0, 0.05) is 11.5 Å². The molecular weight excluding hydrogens is 304 g/mol. The third-order valence-electron chi connectivity index (χ3n) is 4.34. The number of piperidine rings is 1. The van der Waals surface area contributed by atoms with Crippen molar-refractivity contribution in [2.45, 2.75) is 25.8 Å². The highest BCUT2D eigenvalue weighted by Crippen LogP contribution is 2.22. The average Bonchev–Trinajstić information content (AvgIpc) is 2.56. The quantitative estimate of drug-likeness (QED) is 0.659. The molecule has 3 N–H and O–H groups in total. The highest BCUT2D eigenvalue weighted by molar-refractivity contribution is 5.92. The molecule has 1 aromatic carbocycles. The van der Waals surface area contributed by atoms with Gasteiger partial charge < -0.3 is 15.4 Å². The van der Waals surface area contributed by atoms with Crippen LogP contribution < -0.4 is 15.8 Å². The van der Waals surface area contributed by atoms with Crippen molar-refractivity contribution in [2.75, 3.05) is 32.6 Å². The van der Waals surface area contributed by atoms with Gasteiger partial charge in [0.15, 0.2) is 5.96 Å². The molecule has 0 atom stereocenters. The monoisotopic (exact) mass is 328 g/mol. The predicted molar refractivity (Wildman–Crippen MR) is 96.6 cm³/mol. The number of guanidine groups is 1. The van der Waals surface area contributed by atoms with Crippen molar-refractivity contribution in [1.82, 2.24) is 14.9 Å². The molecule has 2 aromatic rings. The number of aryl methyl sites for hydroxylation is 1. The van der Waals surface area contributed by atoms with E-state index in [0.29, 0.717) is 11.9 Å². The van der Waals surface area contributed by atoms with Gasteiger partial charge in [0.1, 0.15) is 5.75 Å². The van der Waals surface area contributed by atoms with Crippen LogP contribution in [0.4, 0.5) is 5.95 Å². The van der Waals surface area contributed by atoms with Gasteiger partial charge in [-0.2, -0.15) is 0 Å². The summed E-state index contributed by atoms with van der Waals surface area (Å²) in [4.78, 5) is 15.9. The van der Waals surface area contributed by atoms with Crippen LogP contribution in [0.3, 0.4) is 0 Å². The van der Waals surface area contributed by atoms with Gasteiger partial charge in [-0.05, 0) is 52.0 Å². The number of hydrogen-bond donors (Lipinski definition) is 2. The standard InChI is InChI=1S/C17H24N6O/c1-11-14-5-4-13(24-3)10-15(14)21-17(19-11)22-16(18)20-12-6-8-23(2)9-7-12/h4-5,10,12H,6-9H2,1-3H3,(H3,18,19,20,21,22). The lowest BCUT2D eigenvalue weighted by Gasteiger charge is -2.26. The van der Waals surface area contributed by atoms with E-state index in [1.165, 1.54) is 0 Å². The van der Waals surface area contributed by atoms with E-state index in [1.807, 2.05) is 25.1 Å². The molecule has 0 unspecified atom stereocenters. The molecule has 7 heteroatoms. The molecule has 1 saturated heterocycles. The summed E-state index contributed by atoms with van der Waals surface area (Å²) in [7, 11) is 3.77. The van der Waals surface area contributed by atoms with Gasteiger partial charge in [-0.25, -0.2) is 15.0 Å². The molecule has 1 aliphatic heterocycles. The molecule has 1 fully saturated rings. The Morgan fingerprint density at radius 2 is 2.08 bits per heavy atom. The number of rotatable bonds is 3. The first-order valence-electron chi connectivity index (χ1n) is 8.16. The first-order valence-corrected chi connectivity index (χ1v) is 8.16. The Labute approximate surface area is 141 Å². The topological polar surface area (TPSA) is 88.7 Å². The van der Waals surface area contributed by atoms with Crippen molar-refractivity contribution >= 4 is 22.8 Å². The summed E-state index contributed by atoms with van der Waals surface area (Å²) >= 11 is 0. The fourth-order valence-electron chi connectivity index (χ4n) is 2.92. The second-order valence-corrected chi connectivity index (χ2v) is 6.19. The third kappa shape index (κ3) is 3.73. The van der Waals surface area contributed by atoms with Gasteiger partial charge in [-0.15, -0.1) is 0 Å². The summed E-state index contributed by atoms with van der Waals surface area (Å²) in [5.41, 5.74) is 7.74. The molecule has 0 bridgehead atoms. The molecule has 0 saturated carbocycles. The van der Waals surface area contributed by atoms with E-state index in [1.54, 1.807) is 7.11 Å². The number of likely N-dealkylation sites (tertiary alicyclic amines) is 1. The van der Waals surface area contributed by atoms with Gasteiger partial charge in [-0.1, -0.05) is 0 Å². The van der Waals surface area contributed by atoms with Crippen molar-refractivity contribution in [3.05, 3.63) is 23.9 Å². The lowest BCUT2D eigenvalue weighted by atomic mass is 10.1. The number of anilines is 1. The maximum Gasteiger partial charge on any atom is 0.230 e. The minimum absolute atomic E-state index is 0.260. The maximum atomic E-state index is 6.04. The van der Waals surface area contributed by atoms with E-state index in [4.69, 9.17) is 10.5 Å². The molecule has 0 spiro atoms. The largest absolute Gasteiger partial charge is 0.497 e. The number of aliphatic imine (C=N–C) groups is 1. The number of aromatic nitrogens is 2. The van der Waals surface area contributed by atoms with Crippen LogP contribution in [0, 0.1) is 6.92 Å². The van der Waals surface area contributed by atoms with Crippen LogP contribution in [0.1, 0.15) is 18.5 Å². The van der Waals surface area contributed by atoms with E-state index in [9.17, 15) is 0 Å². The molecular formula is C17H24N6O. The van der Waals surface area contributed by atoms with Crippen LogP contribution in [0.25, 0.3) is 10.9 Å². The zero-order valence-electron chi connectivity index (χ0n) is 14.4. The van der Waals surface area contributed by atoms with Crippen LogP contribution in [0.5, 0.6) is 5.75 Å². The smallest absolute Gasteiger partial charge is 0.230 e. The number of ether oxygens (including phenoxy) is 1. The highest BCUT2D eigenvalue weighted by atomic mass is 16.5. The number of nitrogens with zero attached hydrogens (tertiary/aromatic N) is 4. The van der Waals surface area contributed by atoms with Gasteiger partial charge in [0.2, 0.25) is 5.95 Å². The summed E-state index contributed by atoms with van der Waals surface area (Å²) in [5, 5.41) is 4.01. The summed E-state index contributed by atoms with van der Waals surface area (Å²) in [5.74, 6) is 1.59. The van der Waals surface area contributed by atoms with Crippen molar-refractivity contribution in [1.29, 1.82) is 0 Å². The Hall–Kier alpha value is -2.41. The highest BCUT2D eigenvalue weighted by Gasteiger charge is 2.16. The molecule has 0 radical (unpaired) electrons. The third-order valence-corrected chi connectivity index (χ3v) is 4.34. The number of nitrogens with two attached hydrogens (primary N) is 1. The summed E-state index contributed by atoms with van der Waals surface area (Å²) in [6, 6.07) is 6.01. The molecule has 2 heterocycles. The number of benzene rings is 1. The lowest BCUT2D eigenvalue weighted by molar-refractivity contribution is 0.257. The SMILES string of the molecule is COc1ccc2c(C)nc(NC(N)=NC3CCN(C)CC3)nc2c1. The van der Waals surface area contributed by atoms with Gasteiger partial charge in [0.05, 0.1) is 24.4 Å². The summed E-state index contributed by atoms with van der Waals surface area (Å²) < 4.78 is 5.26. The first-order chi connectivity index (χ1) is 11.5. The van der Waals surface area contributed by atoms with Crippen LogP contribution >= 0.6 is 0 Å². The molecule has 128 valence electrons. The van der Waals surface area contributed by atoms with Crippen molar-refractivity contribution < 1.29 is 4.74 Å². The molecule has 0 aliphatic carbocycles. The molecule has 1 aromatic heterocycles. The van der Waals surface area contributed by atoms with Crippen molar-refractivity contribution in [3.63, 3.8) is 0 Å². The summed E-state index contributed by atoms with van der Waals surface area (Å²) in [6.45, 7) is 4.05. The van der Waals surface area contributed by atoms with E-state index in [2.05, 4.69) is 32.2 Å². The second-order valence-electron chi connectivity index (χ2n) is 6.19. The zero-order chi connectivity index (χ0) is 17.1. The Kier molecular flexibility index (Phi) is 4.80. The molecule has 3 rings (SSSR count). The van der Waals surface area contributed by atoms with Crippen LogP contribution in [-0.4, -0.2) is 54.1 Å². The van der Waals surface area contributed by atoms with Crippen LogP contribution in [-0.2, 0) is 0 Å². The van der Waals surface area contributed by atoms with Gasteiger partial charge in [-0.3, -0.25) is 5.32 Å². The van der Waals surface area contributed by atoms with Crippen LogP contribution in [0.2, 0.25) is 0 Å². The molecule has 1 aliphatic rings. The number of hydrogen-bond acceptors (Lipinski definition) is 5. The Balaban J connectivity index is 1.79. The number of fused-ring (bicyclic) bond motifs is 1. The van der Waals surface area contributed by atoms with E-state index >= 15 is 0 Å². The first kappa shape index (κ1) is 16.4. The average molecular weight is 328 g/mol. The fraction of sp³-hybridized carbons (Fsp3) is 0.471. The number of methoxy groups -OCH3 is 1. The predicted octanol–water partition coefficient (Wildman–Crippen LogP) is 1.77. The van der Waals surface area contributed by atoms with Crippen LogP contribution in [0.15, 0.2) is 23.2 Å². The minimum atomic E-state index is 0.260. The fourth-order valence-corrected chi connectivity index (χ4v) is 2.92. The normalized spacial score (nSPS) is 17.2. The van der Waals surface area contributed by atoms with E-state index < -0.39 is 0 Å². The number of nitrogens with one attached hydrogen (secondary N) is 1. The minimum Gasteiger partial charge on any atom is -0.497 e. The second kappa shape index (κ2) is 7.00. The van der Waals surface area contributed by atoms with Gasteiger partial charge in [0.25, 0.3) is 0 Å². The lowest BCUT2D eigenvalue weighted by Crippen LogP contribution is -2.34. The van der Waals surface area contributed by atoms with E-state index in [0.717, 1.165) is 48.3 Å². The van der Waals surface area contributed by atoms with Crippen molar-refractivity contribution in [2.24, 2.45) is 10.7 Å². The molecule has 7 nitrogen and oxygen atoms in total. The Morgan fingerprint density at radius 1 is 1.33 bits per heavy atom. The van der Waals surface area contributed by atoms with Gasteiger partial charge >= 0.3 is 0 Å². The van der Waals surface area contributed by atoms with E-state index in [-0.39, 0.29) is 6.04 Å². The zero-order valence-corrected chi connectivity index (χ0v) is 14.4. The molecule has 0 amide bonds. The Bertz CT molecular complexity index is 752. The molecule has 24 heavy (non-hydrogen) atoms. The van der Waals surface area contributed by atoms with Crippen molar-refractivity contribution in [3.8, 4) is 5.75 Å².